The number of thioether (sulfide) groups is 1. The van der Waals surface area contributed by atoms with E-state index in [1.54, 1.807) is 16.8 Å². The van der Waals surface area contributed by atoms with Gasteiger partial charge in [-0.25, -0.2) is 9.48 Å². The van der Waals surface area contributed by atoms with Crippen LogP contribution in [0.25, 0.3) is 0 Å². The molecule has 0 amide bonds. The molecule has 1 aliphatic rings. The van der Waals surface area contributed by atoms with E-state index in [0.717, 1.165) is 29.5 Å². The number of carbonyl (C=O) groups is 1. The number of allylic oxidation sites excluding steroid dienone is 1. The number of anilines is 1. The Morgan fingerprint density at radius 3 is 2.55 bits per heavy atom. The Kier molecular flexibility index (Phi) is 10.0. The Labute approximate surface area is 264 Å². The molecule has 3 aromatic carbocycles. The summed E-state index contributed by atoms with van der Waals surface area (Å²) < 4.78 is 13.4. The number of rotatable bonds is 11. The lowest BCUT2D eigenvalue weighted by molar-refractivity contribution is -0.139. The quantitative estimate of drug-likeness (QED) is 0.0995. The van der Waals surface area contributed by atoms with E-state index in [0.29, 0.717) is 55.6 Å². The monoisotopic (exact) mass is 642 g/mol. The fraction of sp³-hybridized carbons (Fsp3) is 0.258. The molecule has 0 fully saturated rings. The number of halogens is 3. The van der Waals surface area contributed by atoms with Crippen LogP contribution in [0.15, 0.2) is 83.2 Å². The highest BCUT2D eigenvalue weighted by Gasteiger charge is 2.35. The second-order valence-electron chi connectivity index (χ2n) is 9.69. The molecule has 218 valence electrons. The minimum atomic E-state index is -0.544. The van der Waals surface area contributed by atoms with Crippen molar-refractivity contribution in [3.63, 3.8) is 0 Å². The third-order valence-corrected chi connectivity index (χ3v) is 8.55. The van der Waals surface area contributed by atoms with Gasteiger partial charge < -0.3 is 14.8 Å². The van der Waals surface area contributed by atoms with Gasteiger partial charge in [0, 0.05) is 32.1 Å². The van der Waals surface area contributed by atoms with Gasteiger partial charge in [0.2, 0.25) is 11.1 Å². The number of aromatic nitrogens is 3. The number of hydrogen-bond donors (Lipinski definition) is 1. The Balaban J connectivity index is 1.41. The number of nitrogens with one attached hydrogen (secondary N) is 1. The maximum atomic E-state index is 13.4. The first-order chi connectivity index (χ1) is 20.3. The van der Waals surface area contributed by atoms with Gasteiger partial charge in [-0.2, -0.15) is 4.98 Å². The fourth-order valence-corrected chi connectivity index (χ4v) is 6.03. The van der Waals surface area contributed by atoms with E-state index in [1.807, 2.05) is 61.5 Å². The summed E-state index contributed by atoms with van der Waals surface area (Å²) in [6.45, 7) is 4.54. The number of esters is 1. The smallest absolute Gasteiger partial charge is 0.338 e. The van der Waals surface area contributed by atoms with E-state index in [2.05, 4.69) is 12.2 Å². The van der Waals surface area contributed by atoms with Crippen LogP contribution in [-0.2, 0) is 21.9 Å². The zero-order chi connectivity index (χ0) is 29.6. The molecule has 0 saturated heterocycles. The van der Waals surface area contributed by atoms with E-state index in [4.69, 9.17) is 54.4 Å². The normalized spacial score (nSPS) is 14.4. The molecule has 1 aliphatic heterocycles. The number of nitrogens with zero attached hydrogens (tertiary/aromatic N) is 3. The lowest BCUT2D eigenvalue weighted by atomic mass is 9.96. The highest BCUT2D eigenvalue weighted by Crippen LogP contribution is 2.38. The minimum absolute atomic E-state index is 0.288. The lowest BCUT2D eigenvalue weighted by Gasteiger charge is -2.28. The molecule has 0 radical (unpaired) electrons. The molecule has 0 aliphatic carbocycles. The SMILES string of the molecule is CCCCOC(=O)C1=C(C)Nc2nc(SCc3ccccc3Cl)nn2C1c1ccc(OCc2ccc(Cl)cc2Cl)cc1. The maximum absolute atomic E-state index is 13.4. The lowest BCUT2D eigenvalue weighted by Crippen LogP contribution is -2.29. The van der Waals surface area contributed by atoms with Crippen molar-refractivity contribution < 1.29 is 14.3 Å². The summed E-state index contributed by atoms with van der Waals surface area (Å²) >= 11 is 20.1. The van der Waals surface area contributed by atoms with E-state index in [1.165, 1.54) is 11.8 Å². The van der Waals surface area contributed by atoms with E-state index in [-0.39, 0.29) is 12.6 Å². The molecule has 1 unspecified atom stereocenters. The van der Waals surface area contributed by atoms with Crippen LogP contribution in [0.3, 0.4) is 0 Å². The molecule has 0 spiro atoms. The number of carbonyl (C=O) groups excluding carboxylic acids is 1. The average Bonchev–Trinajstić information content (AvgIpc) is 3.38. The molecule has 1 N–H and O–H groups in total. The largest absolute Gasteiger partial charge is 0.489 e. The highest BCUT2D eigenvalue weighted by atomic mass is 35.5. The molecule has 11 heteroatoms. The standard InChI is InChI=1S/C31H29Cl3N4O3S/c1-3-4-15-40-29(39)27-19(2)35-30-36-31(42-18-22-7-5-6-8-25(22)33)37-38(30)28(27)20-10-13-24(14-11-20)41-17-21-9-12-23(32)16-26(21)34/h5-14,16,28H,3-4,15,17-18H2,1-2H3,(H,35,36,37). The van der Waals surface area contributed by atoms with Gasteiger partial charge in [0.25, 0.3) is 0 Å². The Bertz CT molecular complexity index is 1610. The first-order valence-electron chi connectivity index (χ1n) is 13.5. The Morgan fingerprint density at radius 1 is 1.02 bits per heavy atom. The van der Waals surface area contributed by atoms with Crippen molar-refractivity contribution in [2.45, 2.75) is 50.2 Å². The summed E-state index contributed by atoms with van der Waals surface area (Å²) in [7, 11) is 0. The van der Waals surface area contributed by atoms with Gasteiger partial charge in [0.15, 0.2) is 0 Å². The van der Waals surface area contributed by atoms with Gasteiger partial charge in [-0.1, -0.05) is 96.3 Å². The Morgan fingerprint density at radius 2 is 1.81 bits per heavy atom. The minimum Gasteiger partial charge on any atom is -0.489 e. The van der Waals surface area contributed by atoms with E-state index in [9.17, 15) is 4.79 Å². The molecule has 7 nitrogen and oxygen atoms in total. The van der Waals surface area contributed by atoms with Crippen molar-refractivity contribution in [1.29, 1.82) is 0 Å². The fourth-order valence-electron chi connectivity index (χ4n) is 4.46. The first-order valence-corrected chi connectivity index (χ1v) is 15.6. The van der Waals surface area contributed by atoms with Crippen molar-refractivity contribution in [2.24, 2.45) is 0 Å². The average molecular weight is 644 g/mol. The maximum Gasteiger partial charge on any atom is 0.338 e. The predicted molar refractivity (Wildman–Crippen MR) is 169 cm³/mol. The molecule has 5 rings (SSSR count). The number of benzene rings is 3. The topological polar surface area (TPSA) is 78.3 Å². The summed E-state index contributed by atoms with van der Waals surface area (Å²) in [6, 6.07) is 20.0. The van der Waals surface area contributed by atoms with Crippen LogP contribution >= 0.6 is 46.6 Å². The summed E-state index contributed by atoms with van der Waals surface area (Å²) in [5.74, 6) is 1.42. The number of hydrogen-bond acceptors (Lipinski definition) is 7. The van der Waals surface area contributed by atoms with Gasteiger partial charge in [0.1, 0.15) is 18.4 Å². The van der Waals surface area contributed by atoms with Crippen LogP contribution in [0.5, 0.6) is 5.75 Å². The molecule has 4 aromatic rings. The highest BCUT2D eigenvalue weighted by molar-refractivity contribution is 7.98. The molecule has 2 heterocycles. The van der Waals surface area contributed by atoms with Crippen LogP contribution in [0.1, 0.15) is 49.4 Å². The number of fused-ring (bicyclic) bond motifs is 1. The van der Waals surface area contributed by atoms with Gasteiger partial charge in [-0.3, -0.25) is 0 Å². The Hall–Kier alpha value is -3.17. The van der Waals surface area contributed by atoms with Crippen molar-refractivity contribution in [2.75, 3.05) is 11.9 Å². The van der Waals surface area contributed by atoms with E-state index < -0.39 is 6.04 Å². The van der Waals surface area contributed by atoms with Crippen LogP contribution in [-0.4, -0.2) is 27.3 Å². The molecular weight excluding hydrogens is 615 g/mol. The van der Waals surface area contributed by atoms with E-state index >= 15 is 0 Å². The summed E-state index contributed by atoms with van der Waals surface area (Å²) in [5.41, 5.74) is 3.80. The van der Waals surface area contributed by atoms with Gasteiger partial charge in [0.05, 0.1) is 12.2 Å². The van der Waals surface area contributed by atoms with Crippen molar-refractivity contribution in [3.8, 4) is 5.75 Å². The van der Waals surface area contributed by atoms with Gasteiger partial charge >= 0.3 is 5.97 Å². The molecular formula is C31H29Cl3N4O3S. The molecule has 1 atom stereocenters. The second kappa shape index (κ2) is 13.9. The zero-order valence-electron chi connectivity index (χ0n) is 23.1. The van der Waals surface area contributed by atoms with Gasteiger partial charge in [-0.15, -0.1) is 5.10 Å². The number of unbranched alkanes of at least 4 members (excludes halogenated alkanes) is 1. The van der Waals surface area contributed by atoms with Crippen LogP contribution in [0, 0.1) is 0 Å². The number of ether oxygens (including phenoxy) is 2. The van der Waals surface area contributed by atoms with Gasteiger partial charge in [-0.05, 0) is 54.8 Å². The molecule has 42 heavy (non-hydrogen) atoms. The summed E-state index contributed by atoms with van der Waals surface area (Å²) in [5, 5.41) is 10.4. The molecule has 1 aromatic heterocycles. The second-order valence-corrected chi connectivity index (χ2v) is 11.9. The predicted octanol–water partition coefficient (Wildman–Crippen LogP) is 8.74. The first kappa shape index (κ1) is 30.3. The summed E-state index contributed by atoms with van der Waals surface area (Å²) in [4.78, 5) is 18.1. The molecule has 0 bridgehead atoms. The zero-order valence-corrected chi connectivity index (χ0v) is 26.2. The van der Waals surface area contributed by atoms with Crippen LogP contribution in [0.4, 0.5) is 5.95 Å². The third-order valence-electron chi connectivity index (χ3n) is 6.70. The van der Waals surface area contributed by atoms with Crippen molar-refractivity contribution in [3.05, 3.63) is 110 Å². The van der Waals surface area contributed by atoms with Crippen LogP contribution < -0.4 is 10.1 Å². The third kappa shape index (κ3) is 7.06. The van der Waals surface area contributed by atoms with Crippen molar-refractivity contribution in [1.82, 2.24) is 14.8 Å². The van der Waals surface area contributed by atoms with Crippen LogP contribution in [0.2, 0.25) is 15.1 Å². The summed E-state index contributed by atoms with van der Waals surface area (Å²) in [6.07, 6.45) is 1.71. The van der Waals surface area contributed by atoms with Crippen molar-refractivity contribution >= 4 is 58.5 Å². The molecule has 0 saturated carbocycles.